The summed E-state index contributed by atoms with van der Waals surface area (Å²) in [5.74, 6) is -0.372. The Hall–Kier alpha value is -1.46. The number of para-hydroxylation sites is 1. The molecule has 0 saturated carbocycles. The maximum Gasteiger partial charge on any atom is 0.340 e. The van der Waals surface area contributed by atoms with Crippen LogP contribution >= 0.6 is 23.1 Å². The minimum absolute atomic E-state index is 0.348. The van der Waals surface area contributed by atoms with Crippen molar-refractivity contribution >= 4 is 34.8 Å². The number of carbonyl (C=O) groups excluding carboxylic acids is 1. The summed E-state index contributed by atoms with van der Waals surface area (Å²) in [6.07, 6.45) is 0. The molecule has 2 rings (SSSR count). The molecule has 0 unspecified atom stereocenters. The summed E-state index contributed by atoms with van der Waals surface area (Å²) in [5.41, 5.74) is 6.92. The number of hydrogen-bond donors (Lipinski definition) is 1. The molecular weight excluding hydrogens is 266 g/mol. The maximum atomic E-state index is 11.7. The molecule has 0 saturated heterocycles. The zero-order chi connectivity index (χ0) is 13.0. The Bertz CT molecular complexity index is 538. The van der Waals surface area contributed by atoms with E-state index in [-0.39, 0.29) is 5.97 Å². The Kier molecular flexibility index (Phi) is 4.28. The second-order valence-corrected chi connectivity index (χ2v) is 5.76. The lowest BCUT2D eigenvalue weighted by atomic mass is 10.2. The topological polar surface area (TPSA) is 52.3 Å². The van der Waals surface area contributed by atoms with Crippen LogP contribution in [-0.2, 0) is 4.74 Å². The molecule has 0 bridgehead atoms. The predicted octanol–water partition coefficient (Wildman–Crippen LogP) is 3.66. The summed E-state index contributed by atoms with van der Waals surface area (Å²) in [6.45, 7) is 2.12. The van der Waals surface area contributed by atoms with Crippen LogP contribution in [-0.4, -0.2) is 12.6 Å². The normalized spacial score (nSPS) is 10.3. The van der Waals surface area contributed by atoms with Gasteiger partial charge in [0.15, 0.2) is 0 Å². The Morgan fingerprint density at radius 3 is 2.89 bits per heavy atom. The number of anilines is 1. The van der Waals surface area contributed by atoms with Crippen LogP contribution in [0.15, 0.2) is 44.8 Å². The highest BCUT2D eigenvalue weighted by Crippen LogP contribution is 2.36. The van der Waals surface area contributed by atoms with Gasteiger partial charge in [-0.05, 0) is 30.5 Å². The second-order valence-electron chi connectivity index (χ2n) is 3.47. The average molecular weight is 279 g/mol. The molecule has 0 fully saturated rings. The molecule has 1 aromatic heterocycles. The molecule has 3 nitrogen and oxygen atoms in total. The predicted molar refractivity (Wildman–Crippen MR) is 75.3 cm³/mol. The maximum absolute atomic E-state index is 11.7. The highest BCUT2D eigenvalue weighted by Gasteiger charge is 2.14. The van der Waals surface area contributed by atoms with Crippen molar-refractivity contribution in [1.29, 1.82) is 0 Å². The van der Waals surface area contributed by atoms with Crippen molar-refractivity contribution in [2.45, 2.75) is 16.0 Å². The minimum atomic E-state index is -0.372. The number of hydrogen-bond acceptors (Lipinski definition) is 5. The molecule has 1 heterocycles. The monoisotopic (exact) mass is 279 g/mol. The van der Waals surface area contributed by atoms with Gasteiger partial charge < -0.3 is 10.5 Å². The number of nitrogen functional groups attached to an aromatic ring is 1. The van der Waals surface area contributed by atoms with Gasteiger partial charge in [0.05, 0.1) is 22.1 Å². The van der Waals surface area contributed by atoms with E-state index in [1.54, 1.807) is 36.1 Å². The molecule has 0 radical (unpaired) electrons. The van der Waals surface area contributed by atoms with Gasteiger partial charge in [0.1, 0.15) is 0 Å². The van der Waals surface area contributed by atoms with Crippen LogP contribution in [0.25, 0.3) is 0 Å². The number of benzene rings is 1. The van der Waals surface area contributed by atoms with E-state index < -0.39 is 0 Å². The first-order valence-corrected chi connectivity index (χ1v) is 7.19. The Morgan fingerprint density at radius 1 is 1.39 bits per heavy atom. The van der Waals surface area contributed by atoms with Crippen molar-refractivity contribution in [3.8, 4) is 0 Å². The number of ether oxygens (including phenoxy) is 1. The molecule has 5 heteroatoms. The molecule has 0 aliphatic heterocycles. The lowest BCUT2D eigenvalue weighted by molar-refractivity contribution is 0.0527. The van der Waals surface area contributed by atoms with Gasteiger partial charge >= 0.3 is 5.97 Å². The van der Waals surface area contributed by atoms with Crippen molar-refractivity contribution < 1.29 is 9.53 Å². The van der Waals surface area contributed by atoms with Crippen LogP contribution in [0.2, 0.25) is 0 Å². The van der Waals surface area contributed by atoms with Crippen LogP contribution in [0.1, 0.15) is 17.3 Å². The molecule has 1 aromatic carbocycles. The fourth-order valence-electron chi connectivity index (χ4n) is 1.45. The highest BCUT2D eigenvalue weighted by molar-refractivity contribution is 8.01. The molecule has 94 valence electrons. The number of thiophene rings is 1. The second kappa shape index (κ2) is 5.93. The van der Waals surface area contributed by atoms with Crippen molar-refractivity contribution in [1.82, 2.24) is 0 Å². The van der Waals surface area contributed by atoms with Crippen LogP contribution in [0, 0.1) is 0 Å². The molecule has 0 amide bonds. The summed E-state index contributed by atoms with van der Waals surface area (Å²) in [7, 11) is 0. The van der Waals surface area contributed by atoms with Crippen LogP contribution in [0.5, 0.6) is 0 Å². The van der Waals surface area contributed by atoms with Crippen molar-refractivity contribution in [2.24, 2.45) is 0 Å². The Balaban J connectivity index is 2.27. The molecule has 2 N–H and O–H groups in total. The lowest BCUT2D eigenvalue weighted by Crippen LogP contribution is -2.08. The third-order valence-corrected chi connectivity index (χ3v) is 4.38. The van der Waals surface area contributed by atoms with E-state index in [0.717, 1.165) is 9.10 Å². The molecule has 0 spiro atoms. The Labute approximate surface area is 114 Å². The fourth-order valence-corrected chi connectivity index (χ4v) is 3.26. The van der Waals surface area contributed by atoms with Crippen LogP contribution in [0.4, 0.5) is 5.69 Å². The minimum Gasteiger partial charge on any atom is -0.462 e. The smallest absolute Gasteiger partial charge is 0.340 e. The van der Waals surface area contributed by atoms with Crippen molar-refractivity contribution in [3.63, 3.8) is 0 Å². The molecule has 18 heavy (non-hydrogen) atoms. The summed E-state index contributed by atoms with van der Waals surface area (Å²) >= 11 is 3.20. The van der Waals surface area contributed by atoms with Gasteiger partial charge in [-0.15, -0.1) is 11.3 Å². The quantitative estimate of drug-likeness (QED) is 0.685. The summed E-state index contributed by atoms with van der Waals surface area (Å²) in [6, 6.07) is 9.41. The van der Waals surface area contributed by atoms with E-state index in [1.807, 2.05) is 29.6 Å². The van der Waals surface area contributed by atoms with E-state index >= 15 is 0 Å². The van der Waals surface area contributed by atoms with Crippen molar-refractivity contribution in [3.05, 3.63) is 41.3 Å². The van der Waals surface area contributed by atoms with Gasteiger partial charge in [0, 0.05) is 4.90 Å². The van der Waals surface area contributed by atoms with Gasteiger partial charge in [0.2, 0.25) is 0 Å². The third kappa shape index (κ3) is 2.86. The highest BCUT2D eigenvalue weighted by atomic mass is 32.2. The average Bonchev–Trinajstić information content (AvgIpc) is 2.85. The molecule has 0 aliphatic carbocycles. The number of nitrogens with two attached hydrogens (primary N) is 1. The van der Waals surface area contributed by atoms with Gasteiger partial charge in [-0.25, -0.2) is 4.79 Å². The van der Waals surface area contributed by atoms with E-state index in [4.69, 9.17) is 10.5 Å². The number of rotatable bonds is 4. The largest absolute Gasteiger partial charge is 0.462 e. The first kappa shape index (κ1) is 13.0. The molecule has 0 atom stereocenters. The SMILES string of the molecule is CCOC(=O)c1cccc(Sc2cccs2)c1N. The molecule has 2 aromatic rings. The first-order chi connectivity index (χ1) is 8.72. The van der Waals surface area contributed by atoms with Gasteiger partial charge in [-0.3, -0.25) is 0 Å². The van der Waals surface area contributed by atoms with E-state index in [9.17, 15) is 4.79 Å². The van der Waals surface area contributed by atoms with E-state index in [1.165, 1.54) is 0 Å². The molecular formula is C13H13NO2S2. The van der Waals surface area contributed by atoms with Crippen molar-refractivity contribution in [2.75, 3.05) is 12.3 Å². The van der Waals surface area contributed by atoms with E-state index in [2.05, 4.69) is 0 Å². The summed E-state index contributed by atoms with van der Waals surface area (Å²) in [4.78, 5) is 12.6. The molecule has 0 aliphatic rings. The Morgan fingerprint density at radius 2 is 2.22 bits per heavy atom. The summed E-state index contributed by atoms with van der Waals surface area (Å²) < 4.78 is 6.11. The van der Waals surface area contributed by atoms with Crippen LogP contribution in [0.3, 0.4) is 0 Å². The third-order valence-electron chi connectivity index (χ3n) is 2.27. The number of carbonyl (C=O) groups is 1. The van der Waals surface area contributed by atoms with E-state index in [0.29, 0.717) is 17.9 Å². The fraction of sp³-hybridized carbons (Fsp3) is 0.154. The van der Waals surface area contributed by atoms with Crippen LogP contribution < -0.4 is 5.73 Å². The first-order valence-electron chi connectivity index (χ1n) is 5.49. The van der Waals surface area contributed by atoms with Gasteiger partial charge in [-0.2, -0.15) is 0 Å². The zero-order valence-corrected chi connectivity index (χ0v) is 11.5. The zero-order valence-electron chi connectivity index (χ0n) is 9.88. The van der Waals surface area contributed by atoms with Gasteiger partial charge in [-0.1, -0.05) is 23.9 Å². The summed E-state index contributed by atoms with van der Waals surface area (Å²) in [5, 5.41) is 2.01. The number of esters is 1. The van der Waals surface area contributed by atoms with Gasteiger partial charge in [0.25, 0.3) is 0 Å². The lowest BCUT2D eigenvalue weighted by Gasteiger charge is -2.09. The standard InChI is InChI=1S/C13H13NO2S2/c1-2-16-13(15)9-5-3-6-10(12(9)14)18-11-7-4-8-17-11/h3-8H,2,14H2,1H3.